The van der Waals surface area contributed by atoms with Crippen LogP contribution in [0.25, 0.3) is 10.9 Å². The van der Waals surface area contributed by atoms with Crippen LogP contribution in [0.5, 0.6) is 0 Å². The second-order valence-corrected chi connectivity index (χ2v) is 5.01. The summed E-state index contributed by atoms with van der Waals surface area (Å²) in [5.41, 5.74) is 1.71. The van der Waals surface area contributed by atoms with Gasteiger partial charge in [-0.25, -0.2) is 0 Å². The number of hydrogen-bond acceptors (Lipinski definition) is 3. The minimum absolute atomic E-state index is 0.196. The predicted octanol–water partition coefficient (Wildman–Crippen LogP) is 3.38. The fourth-order valence-corrected chi connectivity index (χ4v) is 2.56. The lowest BCUT2D eigenvalue weighted by Crippen LogP contribution is -2.08. The number of Topliss-reactive ketones (excluding diaryl/α,β-unsaturated/α-hetero) is 1. The molecule has 0 spiro atoms. The Kier molecular flexibility index (Phi) is 3.56. The van der Waals surface area contributed by atoms with Gasteiger partial charge in [0.2, 0.25) is 0 Å². The molecule has 1 saturated heterocycles. The van der Waals surface area contributed by atoms with Crippen molar-refractivity contribution in [1.82, 2.24) is 4.98 Å². The van der Waals surface area contributed by atoms with E-state index >= 15 is 0 Å². The van der Waals surface area contributed by atoms with Gasteiger partial charge in [-0.2, -0.15) is 0 Å². The van der Waals surface area contributed by atoms with Gasteiger partial charge in [0.15, 0.2) is 5.78 Å². The maximum Gasteiger partial charge on any atom is 0.162 e. The summed E-state index contributed by atoms with van der Waals surface area (Å²) in [5, 5.41) is 1.02. The first kappa shape index (κ1) is 12.3. The molecule has 0 aliphatic carbocycles. The molecule has 3 nitrogen and oxygen atoms in total. The predicted molar refractivity (Wildman–Crippen MR) is 74.3 cm³/mol. The number of hydrogen-bond donors (Lipinski definition) is 0. The SMILES string of the molecule is O=C(CCC1CCCO1)c1ccc2ncccc2c1. The Morgan fingerprint density at radius 1 is 1.37 bits per heavy atom. The van der Waals surface area contributed by atoms with Crippen molar-refractivity contribution in [1.29, 1.82) is 0 Å². The Labute approximate surface area is 112 Å². The summed E-state index contributed by atoms with van der Waals surface area (Å²) in [4.78, 5) is 16.4. The molecule has 3 rings (SSSR count). The average Bonchev–Trinajstić information content (AvgIpc) is 2.97. The number of nitrogens with zero attached hydrogens (tertiary/aromatic N) is 1. The molecule has 1 unspecified atom stereocenters. The number of carbonyl (C=O) groups excluding carboxylic acids is 1. The summed E-state index contributed by atoms with van der Waals surface area (Å²) in [6, 6.07) is 9.59. The minimum Gasteiger partial charge on any atom is -0.378 e. The Balaban J connectivity index is 1.70. The highest BCUT2D eigenvalue weighted by atomic mass is 16.5. The first-order chi connectivity index (χ1) is 9.33. The summed E-state index contributed by atoms with van der Waals surface area (Å²) < 4.78 is 5.55. The molecule has 1 aliphatic rings. The summed E-state index contributed by atoms with van der Waals surface area (Å²) in [5.74, 6) is 0.196. The van der Waals surface area contributed by atoms with Crippen molar-refractivity contribution >= 4 is 16.7 Å². The highest BCUT2D eigenvalue weighted by Gasteiger charge is 2.17. The second-order valence-electron chi connectivity index (χ2n) is 5.01. The number of ketones is 1. The van der Waals surface area contributed by atoms with Gasteiger partial charge in [0, 0.05) is 30.2 Å². The summed E-state index contributed by atoms with van der Waals surface area (Å²) in [7, 11) is 0. The normalized spacial score (nSPS) is 18.8. The maximum absolute atomic E-state index is 12.2. The van der Waals surface area contributed by atoms with Gasteiger partial charge in [-0.05, 0) is 43.5 Å². The van der Waals surface area contributed by atoms with Crippen LogP contribution in [-0.4, -0.2) is 23.5 Å². The Bertz CT molecular complexity index is 588. The van der Waals surface area contributed by atoms with Crippen LogP contribution < -0.4 is 0 Å². The first-order valence-corrected chi connectivity index (χ1v) is 6.82. The molecule has 3 heteroatoms. The molecule has 1 atom stereocenters. The third-order valence-corrected chi connectivity index (χ3v) is 3.64. The summed E-state index contributed by atoms with van der Waals surface area (Å²) >= 11 is 0. The lowest BCUT2D eigenvalue weighted by molar-refractivity contribution is 0.0859. The molecule has 0 saturated carbocycles. The molecule has 1 aromatic carbocycles. The molecular formula is C16H17NO2. The van der Waals surface area contributed by atoms with Gasteiger partial charge in [-0.3, -0.25) is 9.78 Å². The van der Waals surface area contributed by atoms with Gasteiger partial charge in [-0.1, -0.05) is 6.07 Å². The van der Waals surface area contributed by atoms with E-state index in [0.717, 1.165) is 42.3 Å². The van der Waals surface area contributed by atoms with Gasteiger partial charge < -0.3 is 4.74 Å². The molecule has 0 N–H and O–H groups in total. The lowest BCUT2D eigenvalue weighted by Gasteiger charge is -2.08. The molecule has 0 amide bonds. The van der Waals surface area contributed by atoms with Crippen LogP contribution in [0, 0.1) is 0 Å². The largest absolute Gasteiger partial charge is 0.378 e. The van der Waals surface area contributed by atoms with Crippen LogP contribution >= 0.6 is 0 Å². The molecule has 0 radical (unpaired) electrons. The molecule has 98 valence electrons. The van der Waals surface area contributed by atoms with Crippen LogP contribution in [0.4, 0.5) is 0 Å². The first-order valence-electron chi connectivity index (χ1n) is 6.82. The third kappa shape index (κ3) is 2.82. The number of ether oxygens (including phenoxy) is 1. The maximum atomic E-state index is 12.2. The zero-order valence-corrected chi connectivity index (χ0v) is 10.8. The number of aromatic nitrogens is 1. The van der Waals surface area contributed by atoms with Crippen molar-refractivity contribution in [3.8, 4) is 0 Å². The molecule has 2 heterocycles. The Hall–Kier alpha value is -1.74. The van der Waals surface area contributed by atoms with Crippen LogP contribution in [0.2, 0.25) is 0 Å². The molecular weight excluding hydrogens is 238 g/mol. The molecule has 19 heavy (non-hydrogen) atoms. The second kappa shape index (κ2) is 5.49. The molecule has 1 fully saturated rings. The van der Waals surface area contributed by atoms with Crippen molar-refractivity contribution in [3.05, 3.63) is 42.1 Å². The van der Waals surface area contributed by atoms with Crippen molar-refractivity contribution < 1.29 is 9.53 Å². The van der Waals surface area contributed by atoms with Crippen molar-refractivity contribution in [2.45, 2.75) is 31.8 Å². The van der Waals surface area contributed by atoms with E-state index in [4.69, 9.17) is 4.74 Å². The zero-order valence-electron chi connectivity index (χ0n) is 10.8. The van der Waals surface area contributed by atoms with E-state index in [1.165, 1.54) is 0 Å². The van der Waals surface area contributed by atoms with E-state index in [1.54, 1.807) is 6.20 Å². The Morgan fingerprint density at radius 3 is 3.16 bits per heavy atom. The fraction of sp³-hybridized carbons (Fsp3) is 0.375. The number of pyridine rings is 1. The van der Waals surface area contributed by atoms with E-state index in [9.17, 15) is 4.79 Å². The van der Waals surface area contributed by atoms with E-state index in [-0.39, 0.29) is 11.9 Å². The van der Waals surface area contributed by atoms with Gasteiger partial charge >= 0.3 is 0 Å². The highest BCUT2D eigenvalue weighted by molar-refractivity contribution is 5.99. The van der Waals surface area contributed by atoms with Crippen LogP contribution in [-0.2, 0) is 4.74 Å². The minimum atomic E-state index is 0.196. The van der Waals surface area contributed by atoms with Crippen LogP contribution in [0.3, 0.4) is 0 Å². The third-order valence-electron chi connectivity index (χ3n) is 3.64. The number of benzene rings is 1. The monoisotopic (exact) mass is 255 g/mol. The Morgan fingerprint density at radius 2 is 2.32 bits per heavy atom. The molecule has 1 aromatic heterocycles. The number of carbonyl (C=O) groups is 1. The van der Waals surface area contributed by atoms with Gasteiger partial charge in [-0.15, -0.1) is 0 Å². The standard InChI is InChI=1S/C16H17NO2/c18-16(8-6-14-4-2-10-19-14)13-5-7-15-12(11-13)3-1-9-17-15/h1,3,5,7,9,11,14H,2,4,6,8,10H2. The summed E-state index contributed by atoms with van der Waals surface area (Å²) in [6.07, 6.45) is 5.67. The van der Waals surface area contributed by atoms with Gasteiger partial charge in [0.1, 0.15) is 0 Å². The highest BCUT2D eigenvalue weighted by Crippen LogP contribution is 2.19. The lowest BCUT2D eigenvalue weighted by atomic mass is 10.0. The smallest absolute Gasteiger partial charge is 0.162 e. The number of fused-ring (bicyclic) bond motifs is 1. The number of rotatable bonds is 4. The molecule has 0 bridgehead atoms. The van der Waals surface area contributed by atoms with Crippen molar-refractivity contribution in [3.63, 3.8) is 0 Å². The fourth-order valence-electron chi connectivity index (χ4n) is 2.56. The molecule has 1 aliphatic heterocycles. The van der Waals surface area contributed by atoms with Crippen molar-refractivity contribution in [2.75, 3.05) is 6.61 Å². The van der Waals surface area contributed by atoms with Crippen LogP contribution in [0.1, 0.15) is 36.0 Å². The summed E-state index contributed by atoms with van der Waals surface area (Å²) in [6.45, 7) is 0.848. The average molecular weight is 255 g/mol. The van der Waals surface area contributed by atoms with E-state index in [2.05, 4.69) is 4.98 Å². The van der Waals surface area contributed by atoms with Crippen molar-refractivity contribution in [2.24, 2.45) is 0 Å². The van der Waals surface area contributed by atoms with Gasteiger partial charge in [0.25, 0.3) is 0 Å². The van der Waals surface area contributed by atoms with E-state index < -0.39 is 0 Å². The zero-order chi connectivity index (χ0) is 13.1. The van der Waals surface area contributed by atoms with Crippen LogP contribution in [0.15, 0.2) is 36.5 Å². The molecule has 2 aromatic rings. The quantitative estimate of drug-likeness (QED) is 0.786. The van der Waals surface area contributed by atoms with E-state index in [1.807, 2.05) is 30.3 Å². The van der Waals surface area contributed by atoms with E-state index in [0.29, 0.717) is 6.42 Å². The van der Waals surface area contributed by atoms with Gasteiger partial charge in [0.05, 0.1) is 11.6 Å². The topological polar surface area (TPSA) is 39.2 Å².